The van der Waals surface area contributed by atoms with E-state index in [0.29, 0.717) is 10.6 Å². The average Bonchev–Trinajstić information content (AvgIpc) is 2.66. The number of nitro groups is 1. The van der Waals surface area contributed by atoms with Crippen molar-refractivity contribution in [2.75, 3.05) is 11.9 Å². The molecule has 0 aromatic heterocycles. The number of nitrogens with zero attached hydrogens (tertiary/aromatic N) is 1. The van der Waals surface area contributed by atoms with E-state index in [1.807, 2.05) is 0 Å². The summed E-state index contributed by atoms with van der Waals surface area (Å²) in [6, 6.07) is 8.77. The van der Waals surface area contributed by atoms with E-state index < -0.39 is 40.6 Å². The molecule has 0 aliphatic carbocycles. The molecule has 0 spiro atoms. The second-order valence-corrected chi connectivity index (χ2v) is 6.00. The molecule has 1 N–H and O–H groups in total. The Kier molecular flexibility index (Phi) is 7.16. The van der Waals surface area contributed by atoms with E-state index >= 15 is 0 Å². The zero-order valence-corrected chi connectivity index (χ0v) is 15.1. The van der Waals surface area contributed by atoms with E-state index in [2.05, 4.69) is 5.32 Å². The minimum atomic E-state index is -0.878. The van der Waals surface area contributed by atoms with E-state index in [4.69, 9.17) is 16.3 Å². The van der Waals surface area contributed by atoms with Crippen molar-refractivity contribution in [2.45, 2.75) is 12.8 Å². The summed E-state index contributed by atoms with van der Waals surface area (Å²) in [5.41, 5.74) is -0.432. The normalized spacial score (nSPS) is 10.2. The number of amides is 1. The number of nitro benzene ring substituents is 1. The molecule has 2 rings (SSSR count). The quantitative estimate of drug-likeness (QED) is 0.309. The number of Topliss-reactive ketones (excluding diaryl/α,β-unsaturated/α-hetero) is 1. The Morgan fingerprint density at radius 3 is 2.43 bits per heavy atom. The standard InChI is InChI=1S/C18H14ClFN2O6/c19-12-3-1-11(2-4-12)16(23)7-8-18(25)28-10-17(24)21-15-9-13(22(26)27)5-6-14(15)20/h1-6,9H,7-8,10H2,(H,21,24). The maximum Gasteiger partial charge on any atom is 0.306 e. The van der Waals surface area contributed by atoms with Gasteiger partial charge in [-0.15, -0.1) is 0 Å². The number of nitrogens with one attached hydrogen (secondary N) is 1. The molecule has 0 aliphatic rings. The number of ketones is 1. The lowest BCUT2D eigenvalue weighted by Gasteiger charge is -2.07. The first-order valence-corrected chi connectivity index (χ1v) is 8.32. The molecule has 10 heteroatoms. The number of non-ortho nitro benzene ring substituents is 1. The molecule has 0 bridgehead atoms. The Morgan fingerprint density at radius 2 is 1.79 bits per heavy atom. The Balaban J connectivity index is 1.80. The van der Waals surface area contributed by atoms with Crippen LogP contribution < -0.4 is 5.32 Å². The molecule has 0 radical (unpaired) electrons. The Hall–Kier alpha value is -3.33. The number of carbonyl (C=O) groups is 3. The van der Waals surface area contributed by atoms with Crippen LogP contribution in [-0.4, -0.2) is 29.2 Å². The molecule has 1 amide bonds. The van der Waals surface area contributed by atoms with Gasteiger partial charge in [-0.2, -0.15) is 0 Å². The van der Waals surface area contributed by atoms with Gasteiger partial charge in [0.05, 0.1) is 17.0 Å². The van der Waals surface area contributed by atoms with Gasteiger partial charge in [-0.3, -0.25) is 24.5 Å². The van der Waals surface area contributed by atoms with Crippen LogP contribution in [0.1, 0.15) is 23.2 Å². The number of rotatable bonds is 8. The van der Waals surface area contributed by atoms with Crippen molar-refractivity contribution < 1.29 is 28.4 Å². The number of carbonyl (C=O) groups excluding carboxylic acids is 3. The second kappa shape index (κ2) is 9.56. The molecule has 0 unspecified atom stereocenters. The van der Waals surface area contributed by atoms with E-state index in [0.717, 1.165) is 18.2 Å². The van der Waals surface area contributed by atoms with Gasteiger partial charge in [-0.25, -0.2) is 4.39 Å². The van der Waals surface area contributed by atoms with Gasteiger partial charge >= 0.3 is 5.97 Å². The van der Waals surface area contributed by atoms with Crippen LogP contribution in [0.3, 0.4) is 0 Å². The minimum Gasteiger partial charge on any atom is -0.456 e. The summed E-state index contributed by atoms with van der Waals surface area (Å²) in [7, 11) is 0. The van der Waals surface area contributed by atoms with Crippen LogP contribution in [0.15, 0.2) is 42.5 Å². The summed E-state index contributed by atoms with van der Waals surface area (Å²) in [6.45, 7) is -0.726. The van der Waals surface area contributed by atoms with Crippen LogP contribution in [0, 0.1) is 15.9 Å². The number of ether oxygens (including phenoxy) is 1. The molecule has 0 atom stereocenters. The molecule has 0 heterocycles. The zero-order chi connectivity index (χ0) is 20.7. The molecule has 2 aromatic rings. The van der Waals surface area contributed by atoms with Crippen molar-refractivity contribution in [3.05, 3.63) is 69.0 Å². The van der Waals surface area contributed by atoms with Crippen LogP contribution in [0.5, 0.6) is 0 Å². The highest BCUT2D eigenvalue weighted by atomic mass is 35.5. The van der Waals surface area contributed by atoms with Gasteiger partial charge < -0.3 is 10.1 Å². The van der Waals surface area contributed by atoms with Crippen molar-refractivity contribution in [1.29, 1.82) is 0 Å². The van der Waals surface area contributed by atoms with Crippen LogP contribution in [0.2, 0.25) is 5.02 Å². The molecule has 0 saturated heterocycles. The van der Waals surface area contributed by atoms with Crippen molar-refractivity contribution >= 4 is 40.6 Å². The van der Waals surface area contributed by atoms with E-state index in [1.54, 1.807) is 12.1 Å². The monoisotopic (exact) mass is 408 g/mol. The number of halogens is 2. The van der Waals surface area contributed by atoms with Gasteiger partial charge in [-0.05, 0) is 30.3 Å². The Bertz CT molecular complexity index is 917. The van der Waals surface area contributed by atoms with E-state index in [9.17, 15) is 28.9 Å². The smallest absolute Gasteiger partial charge is 0.306 e. The summed E-state index contributed by atoms with van der Waals surface area (Å²) in [5.74, 6) is -2.84. The second-order valence-electron chi connectivity index (χ2n) is 5.56. The highest BCUT2D eigenvalue weighted by molar-refractivity contribution is 6.30. The fraction of sp³-hybridized carbons (Fsp3) is 0.167. The number of hydrogen-bond donors (Lipinski definition) is 1. The summed E-state index contributed by atoms with van der Waals surface area (Å²) >= 11 is 5.73. The first-order valence-electron chi connectivity index (χ1n) is 7.94. The molecule has 28 heavy (non-hydrogen) atoms. The number of anilines is 1. The van der Waals surface area contributed by atoms with Crippen molar-refractivity contribution in [2.24, 2.45) is 0 Å². The third kappa shape index (κ3) is 6.13. The van der Waals surface area contributed by atoms with E-state index in [1.165, 1.54) is 12.1 Å². The molecule has 2 aromatic carbocycles. The van der Waals surface area contributed by atoms with E-state index in [-0.39, 0.29) is 18.6 Å². The molecule has 8 nitrogen and oxygen atoms in total. The summed E-state index contributed by atoms with van der Waals surface area (Å²) in [4.78, 5) is 45.3. The van der Waals surface area contributed by atoms with Crippen LogP contribution >= 0.6 is 11.6 Å². The van der Waals surface area contributed by atoms with Crippen molar-refractivity contribution in [3.8, 4) is 0 Å². The predicted octanol–water partition coefficient (Wildman–Crippen LogP) is 3.53. The summed E-state index contributed by atoms with van der Waals surface area (Å²) < 4.78 is 18.3. The van der Waals surface area contributed by atoms with Crippen LogP contribution in [-0.2, 0) is 14.3 Å². The fourth-order valence-electron chi connectivity index (χ4n) is 2.12. The predicted molar refractivity (Wildman–Crippen MR) is 97.7 cm³/mol. The van der Waals surface area contributed by atoms with Gasteiger partial charge in [0.1, 0.15) is 5.82 Å². The highest BCUT2D eigenvalue weighted by Crippen LogP contribution is 2.21. The SMILES string of the molecule is O=C(COC(=O)CCC(=O)c1ccc(Cl)cc1)Nc1cc([N+](=O)[O-])ccc1F. The Labute approximate surface area is 163 Å². The first kappa shape index (κ1) is 21.0. The number of esters is 1. The number of hydrogen-bond acceptors (Lipinski definition) is 6. The third-order valence-electron chi connectivity index (χ3n) is 3.52. The summed E-state index contributed by atoms with van der Waals surface area (Å²) in [5, 5.41) is 13.2. The molecule has 146 valence electrons. The summed E-state index contributed by atoms with van der Waals surface area (Å²) in [6.07, 6.45) is -0.374. The van der Waals surface area contributed by atoms with Gasteiger partial charge in [0.15, 0.2) is 12.4 Å². The third-order valence-corrected chi connectivity index (χ3v) is 3.77. The average molecular weight is 409 g/mol. The zero-order valence-electron chi connectivity index (χ0n) is 14.3. The van der Waals surface area contributed by atoms with Gasteiger partial charge in [0, 0.05) is 29.1 Å². The molecule has 0 aliphatic heterocycles. The lowest BCUT2D eigenvalue weighted by Crippen LogP contribution is -2.21. The highest BCUT2D eigenvalue weighted by Gasteiger charge is 2.15. The fourth-order valence-corrected chi connectivity index (χ4v) is 2.25. The lowest BCUT2D eigenvalue weighted by molar-refractivity contribution is -0.384. The molecular weight excluding hydrogens is 395 g/mol. The Morgan fingerprint density at radius 1 is 1.11 bits per heavy atom. The van der Waals surface area contributed by atoms with Crippen LogP contribution in [0.4, 0.5) is 15.8 Å². The molecule has 0 saturated carbocycles. The lowest BCUT2D eigenvalue weighted by atomic mass is 10.1. The molecule has 0 fully saturated rings. The van der Waals surface area contributed by atoms with Crippen molar-refractivity contribution in [1.82, 2.24) is 0 Å². The largest absolute Gasteiger partial charge is 0.456 e. The topological polar surface area (TPSA) is 116 Å². The number of benzene rings is 2. The van der Waals surface area contributed by atoms with Gasteiger partial charge in [-0.1, -0.05) is 11.6 Å². The maximum absolute atomic E-state index is 13.6. The minimum absolute atomic E-state index is 0.123. The van der Waals surface area contributed by atoms with Gasteiger partial charge in [0.25, 0.3) is 11.6 Å². The first-order chi connectivity index (χ1) is 13.3. The van der Waals surface area contributed by atoms with Crippen LogP contribution in [0.25, 0.3) is 0 Å². The van der Waals surface area contributed by atoms with Crippen molar-refractivity contribution in [3.63, 3.8) is 0 Å². The molecular formula is C18H14ClFN2O6. The van der Waals surface area contributed by atoms with Gasteiger partial charge in [0.2, 0.25) is 0 Å². The maximum atomic E-state index is 13.6.